The topological polar surface area (TPSA) is 51.6 Å². The number of hydrogen-bond acceptors (Lipinski definition) is 6. The van der Waals surface area contributed by atoms with E-state index in [1.165, 1.54) is 23.1 Å². The van der Waals surface area contributed by atoms with Gasteiger partial charge in [0.1, 0.15) is 11.3 Å². The highest BCUT2D eigenvalue weighted by Gasteiger charge is 2.00. The molecule has 0 spiro atoms. The van der Waals surface area contributed by atoms with Gasteiger partial charge in [0.05, 0.1) is 11.1 Å². The van der Waals surface area contributed by atoms with Crippen LogP contribution in [0.2, 0.25) is 0 Å². The van der Waals surface area contributed by atoms with Gasteiger partial charge in [-0.2, -0.15) is 4.37 Å². The van der Waals surface area contributed by atoms with Crippen LogP contribution in [0.15, 0.2) is 11.7 Å². The molecule has 0 amide bonds. The van der Waals surface area contributed by atoms with Gasteiger partial charge in [-0.1, -0.05) is 4.49 Å². The van der Waals surface area contributed by atoms with Crippen molar-refractivity contribution in [2.75, 3.05) is 0 Å². The minimum absolute atomic E-state index is 0.751. The molecule has 0 atom stereocenters. The predicted molar refractivity (Wildman–Crippen MR) is 42.6 cm³/mol. The van der Waals surface area contributed by atoms with Crippen LogP contribution in [0.3, 0.4) is 0 Å². The highest BCUT2D eigenvalue weighted by molar-refractivity contribution is 7.05. The van der Waals surface area contributed by atoms with Crippen molar-refractivity contribution in [1.29, 1.82) is 0 Å². The summed E-state index contributed by atoms with van der Waals surface area (Å²) in [6.07, 6.45) is 2.49. The Morgan fingerprint density at radius 3 is 3.09 bits per heavy atom. The van der Waals surface area contributed by atoms with Gasteiger partial charge in [-0.15, -0.1) is 5.10 Å². The van der Waals surface area contributed by atoms with E-state index in [0.717, 1.165) is 17.1 Å². The third-order valence-corrected chi connectivity index (χ3v) is 2.32. The van der Waals surface area contributed by atoms with Gasteiger partial charge in [0, 0.05) is 6.42 Å². The first-order chi connectivity index (χ1) is 5.45. The molecule has 4 nitrogen and oxygen atoms in total. The zero-order chi connectivity index (χ0) is 7.52. The molecule has 0 aliphatic rings. The summed E-state index contributed by atoms with van der Waals surface area (Å²) < 4.78 is 7.82. The Hall–Kier alpha value is -0.880. The molecule has 0 bridgehead atoms. The summed E-state index contributed by atoms with van der Waals surface area (Å²) in [6.45, 7) is 0. The molecule has 6 heteroatoms. The maximum Gasteiger partial charge on any atom is 0.147 e. The second kappa shape index (κ2) is 3.02. The smallest absolute Gasteiger partial charge is 0.147 e. The normalized spacial score (nSPS) is 10.2. The van der Waals surface area contributed by atoms with E-state index in [0.29, 0.717) is 0 Å². The van der Waals surface area contributed by atoms with Crippen LogP contribution in [0, 0.1) is 0 Å². The molecule has 0 fully saturated rings. The Morgan fingerprint density at radius 1 is 1.45 bits per heavy atom. The van der Waals surface area contributed by atoms with Crippen LogP contribution in [-0.2, 0) is 6.42 Å². The fourth-order valence-electron chi connectivity index (χ4n) is 0.692. The van der Waals surface area contributed by atoms with Crippen molar-refractivity contribution in [3.63, 3.8) is 0 Å². The van der Waals surface area contributed by atoms with E-state index in [9.17, 15) is 0 Å². The molecule has 2 rings (SSSR count). The molecule has 11 heavy (non-hydrogen) atoms. The maximum atomic E-state index is 4.07. The summed E-state index contributed by atoms with van der Waals surface area (Å²) in [7, 11) is 0. The van der Waals surface area contributed by atoms with Gasteiger partial charge < -0.3 is 0 Å². The van der Waals surface area contributed by atoms with Crippen LogP contribution < -0.4 is 0 Å². The summed E-state index contributed by atoms with van der Waals surface area (Å²) in [5.41, 5.74) is 1.73. The van der Waals surface area contributed by atoms with E-state index in [2.05, 4.69) is 18.9 Å². The molecule has 2 aromatic rings. The molecule has 0 saturated heterocycles. The fourth-order valence-corrected chi connectivity index (χ4v) is 1.63. The van der Waals surface area contributed by atoms with Crippen molar-refractivity contribution < 1.29 is 0 Å². The van der Waals surface area contributed by atoms with Crippen molar-refractivity contribution in [3.8, 4) is 0 Å². The van der Waals surface area contributed by atoms with E-state index in [1.54, 1.807) is 11.7 Å². The Bertz CT molecular complexity index is 269. The van der Waals surface area contributed by atoms with Gasteiger partial charge in [-0.05, 0) is 23.1 Å². The first-order valence-electron chi connectivity index (χ1n) is 2.96. The molecule has 56 valence electrons. The maximum absolute atomic E-state index is 4.07. The Balaban J connectivity index is 2.14. The number of aromatic nitrogens is 4. The Morgan fingerprint density at radius 2 is 2.45 bits per heavy atom. The van der Waals surface area contributed by atoms with Crippen molar-refractivity contribution >= 4 is 23.1 Å². The van der Waals surface area contributed by atoms with Crippen LogP contribution in [0.1, 0.15) is 10.7 Å². The second-order valence-electron chi connectivity index (χ2n) is 1.91. The molecule has 0 unspecified atom stereocenters. The third kappa shape index (κ3) is 1.58. The largest absolute Gasteiger partial charge is 0.228 e. The molecule has 0 radical (unpaired) electrons. The summed E-state index contributed by atoms with van der Waals surface area (Å²) >= 11 is 2.75. The number of nitrogens with zero attached hydrogens (tertiary/aromatic N) is 4. The predicted octanol–water partition coefficient (Wildman–Crippen LogP) is 0.980. The first kappa shape index (κ1) is 6.81. The van der Waals surface area contributed by atoms with Crippen molar-refractivity contribution in [3.05, 3.63) is 22.4 Å². The third-order valence-electron chi connectivity index (χ3n) is 1.15. The molecule has 2 heterocycles. The molecule has 0 aliphatic carbocycles. The van der Waals surface area contributed by atoms with Crippen LogP contribution >= 0.6 is 23.1 Å². The first-order valence-corrected chi connectivity index (χ1v) is 4.57. The second-order valence-corrected chi connectivity index (χ2v) is 3.38. The molecule has 0 aromatic carbocycles. The molecule has 0 saturated carbocycles. The fraction of sp³-hybridized carbons (Fsp3) is 0.200. The zero-order valence-electron chi connectivity index (χ0n) is 5.47. The van der Waals surface area contributed by atoms with Gasteiger partial charge in [0.2, 0.25) is 0 Å². The number of hydrogen-bond donors (Lipinski definition) is 0. The molecule has 2 aromatic heterocycles. The highest BCUT2D eigenvalue weighted by atomic mass is 32.1. The molecular formula is C5H4N4S2. The van der Waals surface area contributed by atoms with Crippen LogP contribution in [0.5, 0.6) is 0 Å². The van der Waals surface area contributed by atoms with E-state index in [-0.39, 0.29) is 0 Å². The Kier molecular flexibility index (Phi) is 1.87. The van der Waals surface area contributed by atoms with E-state index in [1.807, 2.05) is 0 Å². The average Bonchev–Trinajstić information content (AvgIpc) is 2.60. The summed E-state index contributed by atoms with van der Waals surface area (Å²) in [5.74, 6) is 0.848. The van der Waals surface area contributed by atoms with Crippen molar-refractivity contribution in [2.45, 2.75) is 6.42 Å². The van der Waals surface area contributed by atoms with Gasteiger partial charge >= 0.3 is 0 Å². The summed E-state index contributed by atoms with van der Waals surface area (Å²) in [5, 5.41) is 3.72. The standard InChI is InChI=1S/C5H4N4S2/c1(4-2-7-9-11-4)5-6-3-10-8-5/h2-3H,1H2. The minimum atomic E-state index is 0.751. The van der Waals surface area contributed by atoms with Crippen LogP contribution in [-0.4, -0.2) is 18.9 Å². The molecular weight excluding hydrogens is 180 g/mol. The lowest BCUT2D eigenvalue weighted by Gasteiger charge is -1.85. The number of rotatable bonds is 2. The lowest BCUT2D eigenvalue weighted by Crippen LogP contribution is -1.85. The van der Waals surface area contributed by atoms with Gasteiger partial charge in [-0.3, -0.25) is 0 Å². The molecule has 0 aliphatic heterocycles. The quantitative estimate of drug-likeness (QED) is 0.698. The van der Waals surface area contributed by atoms with Gasteiger partial charge in [0.25, 0.3) is 0 Å². The van der Waals surface area contributed by atoms with Gasteiger partial charge in [-0.25, -0.2) is 4.98 Å². The van der Waals surface area contributed by atoms with Crippen LogP contribution in [0.4, 0.5) is 0 Å². The van der Waals surface area contributed by atoms with E-state index < -0.39 is 0 Å². The zero-order valence-corrected chi connectivity index (χ0v) is 7.10. The minimum Gasteiger partial charge on any atom is -0.228 e. The van der Waals surface area contributed by atoms with Crippen molar-refractivity contribution in [1.82, 2.24) is 18.9 Å². The SMILES string of the molecule is c1nc(Cc2cnns2)ns1. The van der Waals surface area contributed by atoms with Gasteiger partial charge in [0.15, 0.2) is 0 Å². The van der Waals surface area contributed by atoms with Crippen LogP contribution in [0.25, 0.3) is 0 Å². The van der Waals surface area contributed by atoms with E-state index >= 15 is 0 Å². The monoisotopic (exact) mass is 184 g/mol. The lowest BCUT2D eigenvalue weighted by atomic mass is 10.4. The summed E-state index contributed by atoms with van der Waals surface area (Å²) in [6, 6.07) is 0. The van der Waals surface area contributed by atoms with Crippen molar-refractivity contribution in [2.24, 2.45) is 0 Å². The highest BCUT2D eigenvalue weighted by Crippen LogP contribution is 2.07. The van der Waals surface area contributed by atoms with E-state index in [4.69, 9.17) is 0 Å². The summed E-state index contributed by atoms with van der Waals surface area (Å²) in [4.78, 5) is 5.15. The average molecular weight is 184 g/mol. The lowest BCUT2D eigenvalue weighted by molar-refractivity contribution is 1.05. The Labute approximate surface area is 71.3 Å². The molecule has 0 N–H and O–H groups in total.